The zero-order valence-corrected chi connectivity index (χ0v) is 15.4. The molecule has 2 aromatic carbocycles. The van der Waals surface area contributed by atoms with E-state index in [0.717, 1.165) is 54.2 Å². The molecule has 2 aromatic heterocycles. The number of rotatable bonds is 2. The number of benzene rings is 2. The van der Waals surface area contributed by atoms with Gasteiger partial charge in [-0.05, 0) is 37.1 Å². The van der Waals surface area contributed by atoms with Crippen molar-refractivity contribution in [2.45, 2.75) is 38.3 Å². The van der Waals surface area contributed by atoms with Crippen molar-refractivity contribution < 1.29 is 0 Å². The minimum atomic E-state index is 0.820. The van der Waals surface area contributed by atoms with Crippen molar-refractivity contribution in [1.82, 2.24) is 24.2 Å². The van der Waals surface area contributed by atoms with E-state index in [1.165, 1.54) is 30.6 Å². The van der Waals surface area contributed by atoms with Crippen molar-refractivity contribution in [3.05, 3.63) is 54.5 Å². The number of imidazole rings is 1. The number of fused-ring (bicyclic) bond motifs is 4. The van der Waals surface area contributed by atoms with Gasteiger partial charge in [-0.2, -0.15) is 5.10 Å². The second-order valence-corrected chi connectivity index (χ2v) is 7.84. The molecule has 136 valence electrons. The van der Waals surface area contributed by atoms with Crippen molar-refractivity contribution in [3.8, 4) is 5.69 Å². The van der Waals surface area contributed by atoms with Gasteiger partial charge in [0.2, 0.25) is 0 Å². The molecule has 0 N–H and O–H groups in total. The van der Waals surface area contributed by atoms with Crippen molar-refractivity contribution >= 4 is 21.9 Å². The molecule has 0 radical (unpaired) electrons. The van der Waals surface area contributed by atoms with Crippen molar-refractivity contribution in [2.24, 2.45) is 0 Å². The fraction of sp³-hybridized carbons (Fsp3) is 0.364. The quantitative estimate of drug-likeness (QED) is 0.548. The minimum Gasteiger partial charge on any atom is -0.327 e. The van der Waals surface area contributed by atoms with Gasteiger partial charge in [0.05, 0.1) is 28.4 Å². The Bertz CT molecular complexity index is 1130. The summed E-state index contributed by atoms with van der Waals surface area (Å²) in [6, 6.07) is 15.7. The molecule has 0 atom stereocenters. The Hall–Kier alpha value is -2.66. The average molecular weight is 357 g/mol. The van der Waals surface area contributed by atoms with E-state index in [9.17, 15) is 0 Å². The standard InChI is InChI=1S/C22H23N5/c1-2-7-20-16(4-1)15-23-27(20)18-8-9-21-19(14-18)24-22-10-11-25(12-13-26(21)22)17-5-3-6-17/h1-2,4,7-9,14-15,17H,3,5-6,10-13H2. The highest BCUT2D eigenvalue weighted by Crippen LogP contribution is 2.28. The molecule has 6 rings (SSSR count). The average Bonchev–Trinajstić information content (AvgIpc) is 3.17. The van der Waals surface area contributed by atoms with Gasteiger partial charge in [-0.1, -0.05) is 24.6 Å². The molecule has 5 heteroatoms. The van der Waals surface area contributed by atoms with Crippen LogP contribution in [-0.2, 0) is 13.0 Å². The maximum atomic E-state index is 5.00. The van der Waals surface area contributed by atoms with E-state index in [0.29, 0.717) is 0 Å². The first-order valence-electron chi connectivity index (χ1n) is 10.0. The lowest BCUT2D eigenvalue weighted by Crippen LogP contribution is -2.41. The first-order chi connectivity index (χ1) is 13.4. The van der Waals surface area contributed by atoms with Crippen LogP contribution in [0.4, 0.5) is 0 Å². The van der Waals surface area contributed by atoms with Crippen LogP contribution in [0.5, 0.6) is 0 Å². The summed E-state index contributed by atoms with van der Waals surface area (Å²) in [5, 5.41) is 5.75. The second-order valence-electron chi connectivity index (χ2n) is 7.84. The van der Waals surface area contributed by atoms with Gasteiger partial charge >= 0.3 is 0 Å². The van der Waals surface area contributed by atoms with Crippen LogP contribution in [0.25, 0.3) is 27.6 Å². The predicted molar refractivity (Wildman–Crippen MR) is 107 cm³/mol. The summed E-state index contributed by atoms with van der Waals surface area (Å²) in [4.78, 5) is 7.67. The molecular weight excluding hydrogens is 334 g/mol. The molecule has 0 spiro atoms. The molecule has 3 heterocycles. The Kier molecular flexibility index (Phi) is 3.38. The summed E-state index contributed by atoms with van der Waals surface area (Å²) in [6.07, 6.45) is 7.14. The van der Waals surface area contributed by atoms with Crippen molar-refractivity contribution in [3.63, 3.8) is 0 Å². The van der Waals surface area contributed by atoms with Crippen molar-refractivity contribution in [2.75, 3.05) is 13.1 Å². The third kappa shape index (κ3) is 2.42. The summed E-state index contributed by atoms with van der Waals surface area (Å²) in [5.74, 6) is 1.23. The highest BCUT2D eigenvalue weighted by atomic mass is 15.3. The van der Waals surface area contributed by atoms with Gasteiger partial charge in [0, 0.05) is 37.5 Å². The largest absolute Gasteiger partial charge is 0.327 e. The van der Waals surface area contributed by atoms with E-state index < -0.39 is 0 Å². The number of nitrogens with zero attached hydrogens (tertiary/aromatic N) is 5. The van der Waals surface area contributed by atoms with Crippen LogP contribution in [0.2, 0.25) is 0 Å². The summed E-state index contributed by atoms with van der Waals surface area (Å²) in [7, 11) is 0. The number of aromatic nitrogens is 4. The van der Waals surface area contributed by atoms with Gasteiger partial charge in [0.15, 0.2) is 0 Å². The summed E-state index contributed by atoms with van der Waals surface area (Å²) < 4.78 is 4.44. The SMILES string of the molecule is c1ccc2c(c1)cnn2-c1ccc2c(c1)nc1n2CCN(C2CCC2)CC1. The molecule has 0 bridgehead atoms. The zero-order valence-electron chi connectivity index (χ0n) is 15.4. The van der Waals surface area contributed by atoms with Crippen molar-refractivity contribution in [1.29, 1.82) is 0 Å². The molecular formula is C22H23N5. The van der Waals surface area contributed by atoms with E-state index in [1.54, 1.807) is 0 Å². The Morgan fingerprint density at radius 3 is 2.74 bits per heavy atom. The van der Waals surface area contributed by atoms with E-state index in [2.05, 4.69) is 57.0 Å². The lowest BCUT2D eigenvalue weighted by atomic mass is 9.91. The Labute approximate surface area is 158 Å². The fourth-order valence-corrected chi connectivity index (χ4v) is 4.62. The topological polar surface area (TPSA) is 38.9 Å². The molecule has 0 saturated heterocycles. The highest BCUT2D eigenvalue weighted by molar-refractivity contribution is 5.83. The number of hydrogen-bond acceptors (Lipinski definition) is 3. The smallest absolute Gasteiger partial charge is 0.111 e. The molecule has 2 aliphatic rings. The minimum absolute atomic E-state index is 0.820. The van der Waals surface area contributed by atoms with Crippen LogP contribution >= 0.6 is 0 Å². The van der Waals surface area contributed by atoms with Gasteiger partial charge in [-0.3, -0.25) is 4.90 Å². The maximum Gasteiger partial charge on any atom is 0.111 e. The molecule has 0 amide bonds. The Balaban J connectivity index is 1.37. The lowest BCUT2D eigenvalue weighted by Gasteiger charge is -2.36. The van der Waals surface area contributed by atoms with Crippen LogP contribution < -0.4 is 0 Å². The van der Waals surface area contributed by atoms with Gasteiger partial charge in [-0.15, -0.1) is 0 Å². The molecule has 27 heavy (non-hydrogen) atoms. The summed E-state index contributed by atoms with van der Waals surface area (Å²) >= 11 is 0. The van der Waals surface area contributed by atoms with Gasteiger partial charge < -0.3 is 4.57 Å². The van der Waals surface area contributed by atoms with Gasteiger partial charge in [0.1, 0.15) is 5.82 Å². The van der Waals surface area contributed by atoms with Crippen LogP contribution in [0.15, 0.2) is 48.7 Å². The van der Waals surface area contributed by atoms with E-state index >= 15 is 0 Å². The molecule has 4 aromatic rings. The van der Waals surface area contributed by atoms with Gasteiger partial charge in [-0.25, -0.2) is 9.67 Å². The lowest BCUT2D eigenvalue weighted by molar-refractivity contribution is 0.130. The Morgan fingerprint density at radius 1 is 0.926 bits per heavy atom. The normalized spacial score (nSPS) is 18.5. The first kappa shape index (κ1) is 15.4. The second kappa shape index (κ2) is 5.92. The van der Waals surface area contributed by atoms with Crippen LogP contribution in [0, 0.1) is 0 Å². The van der Waals surface area contributed by atoms with Crippen LogP contribution in [0.3, 0.4) is 0 Å². The zero-order chi connectivity index (χ0) is 17.8. The third-order valence-corrected chi connectivity index (χ3v) is 6.36. The van der Waals surface area contributed by atoms with Crippen LogP contribution in [-0.4, -0.2) is 43.4 Å². The van der Waals surface area contributed by atoms with E-state index in [1.807, 2.05) is 10.9 Å². The van der Waals surface area contributed by atoms with Gasteiger partial charge in [0.25, 0.3) is 0 Å². The Morgan fingerprint density at radius 2 is 1.85 bits per heavy atom. The summed E-state index contributed by atoms with van der Waals surface area (Å²) in [5.41, 5.74) is 4.54. The molecule has 0 unspecified atom stereocenters. The predicted octanol–water partition coefficient (Wildman–Crippen LogP) is 3.79. The molecule has 1 saturated carbocycles. The fourth-order valence-electron chi connectivity index (χ4n) is 4.62. The van der Waals surface area contributed by atoms with E-state index in [-0.39, 0.29) is 0 Å². The summed E-state index contributed by atoms with van der Waals surface area (Å²) in [6.45, 7) is 3.34. The molecule has 5 nitrogen and oxygen atoms in total. The van der Waals surface area contributed by atoms with E-state index in [4.69, 9.17) is 4.98 Å². The molecule has 1 aliphatic carbocycles. The number of para-hydroxylation sites is 1. The van der Waals surface area contributed by atoms with Crippen LogP contribution in [0.1, 0.15) is 25.1 Å². The number of hydrogen-bond donors (Lipinski definition) is 0. The molecule has 1 fully saturated rings. The maximum absolute atomic E-state index is 5.00. The monoisotopic (exact) mass is 357 g/mol. The molecule has 1 aliphatic heterocycles. The first-order valence-corrected chi connectivity index (χ1v) is 10.0. The highest BCUT2D eigenvalue weighted by Gasteiger charge is 2.27. The third-order valence-electron chi connectivity index (χ3n) is 6.36.